The molecule has 4 rings (SSSR count). The largest absolute Gasteiger partial charge is 0.369 e. The summed E-state index contributed by atoms with van der Waals surface area (Å²) in [6.07, 6.45) is 1.36. The molecule has 3 aromatic rings. The lowest BCUT2D eigenvalue weighted by Gasteiger charge is -2.33. The summed E-state index contributed by atoms with van der Waals surface area (Å²) in [6.45, 7) is 3.33. The third-order valence-corrected chi connectivity index (χ3v) is 7.64. The van der Waals surface area contributed by atoms with E-state index in [0.717, 1.165) is 11.1 Å². The minimum Gasteiger partial charge on any atom is -0.369 e. The Balaban J connectivity index is 1.66. The number of nitrogens with zero attached hydrogens (tertiary/aromatic N) is 4. The molecule has 1 atom stereocenters. The standard InChI is InChI=1S/C22H26N6O3S/c1-16-7-9-19(10-8-16)32(30,31)15-28-22(24-25-26-28)20(17-5-3-2-4-6-17)27-13-11-18(12-14-27)21(23)29/h2-10,18,20H,11-15H2,1H3,(H2,23,29)/p+1/t20-/m0/s1. The van der Waals surface area contributed by atoms with Gasteiger partial charge >= 0.3 is 0 Å². The number of amides is 1. The van der Waals surface area contributed by atoms with Gasteiger partial charge in [0.1, 0.15) is 0 Å². The average Bonchev–Trinajstić information content (AvgIpc) is 3.22. The fourth-order valence-corrected chi connectivity index (χ4v) is 5.47. The van der Waals surface area contributed by atoms with E-state index in [1.807, 2.05) is 37.3 Å². The summed E-state index contributed by atoms with van der Waals surface area (Å²) in [4.78, 5) is 13.0. The van der Waals surface area contributed by atoms with Crippen LogP contribution in [-0.2, 0) is 20.5 Å². The number of tetrazole rings is 1. The molecule has 10 heteroatoms. The molecule has 1 fully saturated rings. The van der Waals surface area contributed by atoms with Gasteiger partial charge in [-0.2, -0.15) is 0 Å². The maximum Gasteiger partial charge on any atom is 0.220 e. The van der Waals surface area contributed by atoms with E-state index < -0.39 is 9.84 Å². The Bertz CT molecular complexity index is 1170. The molecule has 1 aromatic heterocycles. The zero-order valence-electron chi connectivity index (χ0n) is 17.9. The van der Waals surface area contributed by atoms with Crippen molar-refractivity contribution in [2.75, 3.05) is 13.1 Å². The first-order valence-corrected chi connectivity index (χ1v) is 12.2. The van der Waals surface area contributed by atoms with Crippen LogP contribution in [0.3, 0.4) is 0 Å². The molecular formula is C22H27N6O3S+. The Kier molecular flexibility index (Phi) is 6.33. The monoisotopic (exact) mass is 455 g/mol. The number of hydrogen-bond acceptors (Lipinski definition) is 6. The summed E-state index contributed by atoms with van der Waals surface area (Å²) >= 11 is 0. The van der Waals surface area contributed by atoms with Crippen molar-refractivity contribution in [2.24, 2.45) is 11.7 Å². The number of nitrogens with one attached hydrogen (secondary N) is 1. The van der Waals surface area contributed by atoms with Gasteiger partial charge in [0.05, 0.1) is 18.0 Å². The smallest absolute Gasteiger partial charge is 0.220 e. The summed E-state index contributed by atoms with van der Waals surface area (Å²) in [5.41, 5.74) is 7.48. The van der Waals surface area contributed by atoms with E-state index in [1.54, 1.807) is 24.3 Å². The number of carbonyl (C=O) groups excluding carboxylic acids is 1. The molecule has 0 spiro atoms. The Morgan fingerprint density at radius 1 is 1.12 bits per heavy atom. The van der Waals surface area contributed by atoms with Crippen LogP contribution in [0.1, 0.15) is 35.8 Å². The topological polar surface area (TPSA) is 125 Å². The molecule has 3 N–H and O–H groups in total. The van der Waals surface area contributed by atoms with Gasteiger partial charge in [0, 0.05) is 24.3 Å². The number of aromatic nitrogens is 4. The second-order valence-corrected chi connectivity index (χ2v) is 10.2. The Morgan fingerprint density at radius 2 is 1.78 bits per heavy atom. The van der Waals surface area contributed by atoms with Crippen molar-refractivity contribution in [1.29, 1.82) is 0 Å². The molecule has 0 bridgehead atoms. The second-order valence-electron chi connectivity index (χ2n) is 8.27. The lowest BCUT2D eigenvalue weighted by atomic mass is 9.93. The molecule has 2 heterocycles. The Hall–Kier alpha value is -3.11. The van der Waals surface area contributed by atoms with Gasteiger partial charge in [0.2, 0.25) is 11.7 Å². The van der Waals surface area contributed by atoms with Crippen molar-refractivity contribution >= 4 is 15.7 Å². The summed E-state index contributed by atoms with van der Waals surface area (Å²) in [5, 5.41) is 12.1. The molecule has 0 radical (unpaired) electrons. The molecule has 32 heavy (non-hydrogen) atoms. The molecule has 0 saturated carbocycles. The zero-order valence-corrected chi connectivity index (χ0v) is 18.7. The summed E-state index contributed by atoms with van der Waals surface area (Å²) in [6, 6.07) is 16.3. The number of primary amides is 1. The van der Waals surface area contributed by atoms with Crippen LogP contribution >= 0.6 is 0 Å². The fourth-order valence-electron chi connectivity index (χ4n) is 4.27. The van der Waals surface area contributed by atoms with Crippen LogP contribution in [0.15, 0.2) is 59.5 Å². The van der Waals surface area contributed by atoms with E-state index >= 15 is 0 Å². The van der Waals surface area contributed by atoms with E-state index in [9.17, 15) is 13.2 Å². The third-order valence-electron chi connectivity index (χ3n) is 6.06. The SMILES string of the molecule is Cc1ccc(S(=O)(=O)Cn2nnnc2[C@H](c2ccccc2)[NH+]2CCC(C(N)=O)CC2)cc1. The minimum absolute atomic E-state index is 0.131. The lowest BCUT2D eigenvalue weighted by molar-refractivity contribution is -0.931. The van der Waals surface area contributed by atoms with E-state index in [4.69, 9.17) is 5.73 Å². The van der Waals surface area contributed by atoms with E-state index in [2.05, 4.69) is 15.5 Å². The van der Waals surface area contributed by atoms with Crippen LogP contribution in [0.5, 0.6) is 0 Å². The Labute approximate surface area is 187 Å². The van der Waals surface area contributed by atoms with Crippen LogP contribution in [0, 0.1) is 12.8 Å². The summed E-state index contributed by atoms with van der Waals surface area (Å²) in [5.74, 6) is -0.263. The quantitative estimate of drug-likeness (QED) is 0.527. The van der Waals surface area contributed by atoms with Crippen LogP contribution in [0.2, 0.25) is 0 Å². The average molecular weight is 456 g/mol. The highest BCUT2D eigenvalue weighted by Crippen LogP contribution is 2.21. The predicted molar refractivity (Wildman–Crippen MR) is 117 cm³/mol. The number of likely N-dealkylation sites (tertiary alicyclic amines) is 1. The number of aryl methyl sites for hydroxylation is 1. The molecule has 1 amide bonds. The molecule has 0 unspecified atom stereocenters. The number of rotatable bonds is 7. The van der Waals surface area contributed by atoms with Crippen molar-refractivity contribution in [3.63, 3.8) is 0 Å². The number of sulfone groups is 1. The number of carbonyl (C=O) groups is 1. The molecule has 9 nitrogen and oxygen atoms in total. The first-order chi connectivity index (χ1) is 15.3. The first kappa shape index (κ1) is 22.1. The van der Waals surface area contributed by atoms with Gasteiger partial charge in [-0.05, 0) is 29.5 Å². The summed E-state index contributed by atoms with van der Waals surface area (Å²) < 4.78 is 27.5. The maximum atomic E-state index is 13.0. The number of nitrogens with two attached hydrogens (primary N) is 1. The number of quaternary nitrogens is 1. The third kappa shape index (κ3) is 4.71. The molecule has 1 aliphatic rings. The molecule has 0 aliphatic carbocycles. The van der Waals surface area contributed by atoms with Gasteiger partial charge in [-0.3, -0.25) is 4.79 Å². The van der Waals surface area contributed by atoms with Crippen molar-refractivity contribution in [2.45, 2.75) is 36.6 Å². The van der Waals surface area contributed by atoms with Crippen LogP contribution < -0.4 is 10.6 Å². The van der Waals surface area contributed by atoms with Gasteiger partial charge < -0.3 is 10.6 Å². The molecule has 168 valence electrons. The highest BCUT2D eigenvalue weighted by atomic mass is 32.2. The van der Waals surface area contributed by atoms with Crippen LogP contribution in [0.4, 0.5) is 0 Å². The van der Waals surface area contributed by atoms with Gasteiger partial charge in [-0.1, -0.05) is 48.0 Å². The second kappa shape index (κ2) is 9.17. The molecular weight excluding hydrogens is 428 g/mol. The predicted octanol–water partition coefficient (Wildman–Crippen LogP) is 0.283. The van der Waals surface area contributed by atoms with Gasteiger partial charge in [0.25, 0.3) is 0 Å². The van der Waals surface area contributed by atoms with Crippen molar-refractivity contribution in [3.05, 3.63) is 71.5 Å². The van der Waals surface area contributed by atoms with Gasteiger partial charge in [-0.25, -0.2) is 13.1 Å². The molecule has 1 aliphatic heterocycles. The lowest BCUT2D eigenvalue weighted by Crippen LogP contribution is -3.13. The number of benzene rings is 2. The first-order valence-electron chi connectivity index (χ1n) is 10.6. The fraction of sp³-hybridized carbons (Fsp3) is 0.364. The van der Waals surface area contributed by atoms with Crippen molar-refractivity contribution in [3.8, 4) is 0 Å². The maximum absolute atomic E-state index is 13.0. The minimum atomic E-state index is -3.64. The van der Waals surface area contributed by atoms with Crippen molar-refractivity contribution in [1.82, 2.24) is 20.2 Å². The molecule has 2 aromatic carbocycles. The van der Waals surface area contributed by atoms with E-state index in [0.29, 0.717) is 31.8 Å². The zero-order chi connectivity index (χ0) is 22.7. The van der Waals surface area contributed by atoms with Crippen molar-refractivity contribution < 1.29 is 18.1 Å². The summed E-state index contributed by atoms with van der Waals surface area (Å²) in [7, 11) is -3.64. The highest BCUT2D eigenvalue weighted by molar-refractivity contribution is 7.90. The highest BCUT2D eigenvalue weighted by Gasteiger charge is 2.36. The van der Waals surface area contributed by atoms with Gasteiger partial charge in [-0.15, -0.1) is 5.10 Å². The number of piperidine rings is 1. The van der Waals surface area contributed by atoms with Gasteiger partial charge in [0.15, 0.2) is 21.8 Å². The molecule has 1 saturated heterocycles. The van der Waals surface area contributed by atoms with Crippen LogP contribution in [0.25, 0.3) is 0 Å². The number of hydrogen-bond donors (Lipinski definition) is 2. The van der Waals surface area contributed by atoms with E-state index in [-0.39, 0.29) is 28.6 Å². The van der Waals surface area contributed by atoms with Crippen LogP contribution in [-0.4, -0.2) is 47.6 Å². The normalized spacial score (nSPS) is 20.0. The van der Waals surface area contributed by atoms with E-state index in [1.165, 1.54) is 9.58 Å². The Morgan fingerprint density at radius 3 is 2.41 bits per heavy atom.